The Morgan fingerprint density at radius 3 is 2.41 bits per heavy atom. The summed E-state index contributed by atoms with van der Waals surface area (Å²) >= 11 is 0. The van der Waals surface area contributed by atoms with Crippen molar-refractivity contribution < 1.29 is 9.53 Å². The molecule has 2 unspecified atom stereocenters. The van der Waals surface area contributed by atoms with Gasteiger partial charge in [0.05, 0.1) is 11.5 Å². The van der Waals surface area contributed by atoms with Crippen LogP contribution < -0.4 is 0 Å². The Labute approximate surface area is 106 Å². The maximum absolute atomic E-state index is 11.5. The first-order valence-corrected chi connectivity index (χ1v) is 7.30. The summed E-state index contributed by atoms with van der Waals surface area (Å²) in [6.07, 6.45) is 9.49. The fourth-order valence-electron chi connectivity index (χ4n) is 2.45. The van der Waals surface area contributed by atoms with Gasteiger partial charge >= 0.3 is 0 Å². The Morgan fingerprint density at radius 1 is 1.18 bits per heavy atom. The zero-order chi connectivity index (χ0) is 12.7. The van der Waals surface area contributed by atoms with Crippen molar-refractivity contribution in [1.29, 1.82) is 0 Å². The summed E-state index contributed by atoms with van der Waals surface area (Å²) in [5.74, 6) is 0.382. The molecule has 0 spiro atoms. The smallest absolute Gasteiger partial charge is 0.143 e. The summed E-state index contributed by atoms with van der Waals surface area (Å²) < 4.78 is 5.84. The van der Waals surface area contributed by atoms with Gasteiger partial charge in [-0.05, 0) is 12.8 Å². The largest absolute Gasteiger partial charge is 0.377 e. The molecule has 0 aromatic heterocycles. The van der Waals surface area contributed by atoms with Gasteiger partial charge in [0.15, 0.2) is 0 Å². The van der Waals surface area contributed by atoms with E-state index in [1.165, 1.54) is 32.1 Å². The van der Waals surface area contributed by atoms with E-state index in [2.05, 4.69) is 13.8 Å². The Bertz CT molecular complexity index is 237. The standard InChI is InChI=1S/C15H28O2/c1-4-6-7-8-9-10-11-17-14-12-13(16)15(14,3)5-2/h14H,4-12H2,1-3H3. The number of carbonyl (C=O) groups is 1. The van der Waals surface area contributed by atoms with Gasteiger partial charge in [-0.25, -0.2) is 0 Å². The van der Waals surface area contributed by atoms with Crippen LogP contribution in [0.2, 0.25) is 0 Å². The number of hydrogen-bond donors (Lipinski definition) is 0. The van der Waals surface area contributed by atoms with Crippen molar-refractivity contribution in [1.82, 2.24) is 0 Å². The predicted molar refractivity (Wildman–Crippen MR) is 71.1 cm³/mol. The average molecular weight is 240 g/mol. The van der Waals surface area contributed by atoms with Crippen LogP contribution in [0.3, 0.4) is 0 Å². The molecule has 1 aliphatic rings. The summed E-state index contributed by atoms with van der Waals surface area (Å²) in [5, 5.41) is 0. The highest BCUT2D eigenvalue weighted by Gasteiger charge is 2.50. The van der Waals surface area contributed by atoms with Gasteiger partial charge in [-0.3, -0.25) is 4.79 Å². The number of unbranched alkanes of at least 4 members (excludes halogenated alkanes) is 5. The van der Waals surface area contributed by atoms with Crippen LogP contribution in [0.5, 0.6) is 0 Å². The fraction of sp³-hybridized carbons (Fsp3) is 0.933. The second-order valence-electron chi connectivity index (χ2n) is 5.53. The molecule has 1 aliphatic carbocycles. The Kier molecular flexibility index (Phi) is 6.18. The van der Waals surface area contributed by atoms with Gasteiger partial charge in [-0.2, -0.15) is 0 Å². The summed E-state index contributed by atoms with van der Waals surface area (Å²) in [5.41, 5.74) is -0.178. The highest BCUT2D eigenvalue weighted by Crippen LogP contribution is 2.42. The zero-order valence-electron chi connectivity index (χ0n) is 11.8. The third-order valence-corrected chi connectivity index (χ3v) is 4.27. The third-order valence-electron chi connectivity index (χ3n) is 4.27. The molecule has 0 bridgehead atoms. The van der Waals surface area contributed by atoms with E-state index in [0.717, 1.165) is 19.4 Å². The zero-order valence-corrected chi connectivity index (χ0v) is 11.8. The van der Waals surface area contributed by atoms with Crippen molar-refractivity contribution in [3.05, 3.63) is 0 Å². The van der Waals surface area contributed by atoms with Crippen molar-refractivity contribution in [2.75, 3.05) is 6.61 Å². The van der Waals surface area contributed by atoms with Crippen LogP contribution in [-0.4, -0.2) is 18.5 Å². The van der Waals surface area contributed by atoms with E-state index in [0.29, 0.717) is 12.2 Å². The first kappa shape index (κ1) is 14.7. The lowest BCUT2D eigenvalue weighted by atomic mass is 9.64. The molecule has 100 valence electrons. The van der Waals surface area contributed by atoms with Crippen LogP contribution in [0.25, 0.3) is 0 Å². The molecule has 2 nitrogen and oxygen atoms in total. The maximum atomic E-state index is 11.5. The number of carbonyl (C=O) groups excluding carboxylic acids is 1. The minimum atomic E-state index is -0.178. The molecule has 0 N–H and O–H groups in total. The Hall–Kier alpha value is -0.370. The van der Waals surface area contributed by atoms with Gasteiger partial charge in [0.1, 0.15) is 5.78 Å². The van der Waals surface area contributed by atoms with Crippen molar-refractivity contribution >= 4 is 5.78 Å². The minimum Gasteiger partial charge on any atom is -0.377 e. The molecule has 0 aromatic carbocycles. The molecule has 0 aromatic rings. The van der Waals surface area contributed by atoms with E-state index in [9.17, 15) is 4.79 Å². The lowest BCUT2D eigenvalue weighted by molar-refractivity contribution is -0.161. The summed E-state index contributed by atoms with van der Waals surface area (Å²) in [7, 11) is 0. The lowest BCUT2D eigenvalue weighted by Crippen LogP contribution is -2.53. The summed E-state index contributed by atoms with van der Waals surface area (Å²) in [6, 6.07) is 0. The van der Waals surface area contributed by atoms with Gasteiger partial charge in [0.2, 0.25) is 0 Å². The fourth-order valence-corrected chi connectivity index (χ4v) is 2.45. The summed E-state index contributed by atoms with van der Waals surface area (Å²) in [6.45, 7) is 7.20. The molecule has 1 rings (SSSR count). The number of Topliss-reactive ketones (excluding diaryl/α,β-unsaturated/α-hetero) is 1. The molecule has 0 saturated heterocycles. The molecule has 1 saturated carbocycles. The van der Waals surface area contributed by atoms with Crippen molar-refractivity contribution in [2.24, 2.45) is 5.41 Å². The van der Waals surface area contributed by atoms with E-state index < -0.39 is 0 Å². The Balaban J connectivity index is 2.02. The SMILES string of the molecule is CCCCCCCCOC1CC(=O)C1(C)CC. The predicted octanol–water partition coefficient (Wildman–Crippen LogP) is 4.12. The molecule has 0 aliphatic heterocycles. The lowest BCUT2D eigenvalue weighted by Gasteiger charge is -2.44. The third kappa shape index (κ3) is 3.80. The van der Waals surface area contributed by atoms with Crippen molar-refractivity contribution in [3.63, 3.8) is 0 Å². The topological polar surface area (TPSA) is 26.3 Å². The molecule has 0 heterocycles. The molecular weight excluding hydrogens is 212 g/mol. The van der Waals surface area contributed by atoms with E-state index in [4.69, 9.17) is 4.74 Å². The van der Waals surface area contributed by atoms with Crippen molar-refractivity contribution in [2.45, 2.75) is 78.2 Å². The van der Waals surface area contributed by atoms with E-state index in [1.807, 2.05) is 6.92 Å². The van der Waals surface area contributed by atoms with E-state index in [-0.39, 0.29) is 11.5 Å². The number of ether oxygens (including phenoxy) is 1. The molecule has 1 fully saturated rings. The normalized spacial score (nSPS) is 28.2. The van der Waals surface area contributed by atoms with Crippen LogP contribution in [-0.2, 0) is 9.53 Å². The second kappa shape index (κ2) is 7.15. The molecule has 0 radical (unpaired) electrons. The van der Waals surface area contributed by atoms with Gasteiger partial charge in [0.25, 0.3) is 0 Å². The molecule has 2 atom stereocenters. The Morgan fingerprint density at radius 2 is 1.82 bits per heavy atom. The van der Waals surface area contributed by atoms with Gasteiger partial charge in [0, 0.05) is 13.0 Å². The second-order valence-corrected chi connectivity index (χ2v) is 5.53. The minimum absolute atomic E-state index is 0.178. The monoisotopic (exact) mass is 240 g/mol. The van der Waals surface area contributed by atoms with E-state index >= 15 is 0 Å². The average Bonchev–Trinajstić information content (AvgIpc) is 2.35. The number of ketones is 1. The highest BCUT2D eigenvalue weighted by atomic mass is 16.5. The maximum Gasteiger partial charge on any atom is 0.143 e. The van der Waals surface area contributed by atoms with Crippen LogP contribution in [0, 0.1) is 5.41 Å². The van der Waals surface area contributed by atoms with Gasteiger partial charge in [-0.15, -0.1) is 0 Å². The summed E-state index contributed by atoms with van der Waals surface area (Å²) in [4.78, 5) is 11.5. The van der Waals surface area contributed by atoms with Crippen LogP contribution in [0.1, 0.15) is 72.1 Å². The first-order chi connectivity index (χ1) is 8.15. The molecule has 17 heavy (non-hydrogen) atoms. The highest BCUT2D eigenvalue weighted by molar-refractivity contribution is 5.91. The van der Waals surface area contributed by atoms with Crippen LogP contribution >= 0.6 is 0 Å². The van der Waals surface area contributed by atoms with Crippen LogP contribution in [0.15, 0.2) is 0 Å². The number of hydrogen-bond acceptors (Lipinski definition) is 2. The van der Waals surface area contributed by atoms with E-state index in [1.54, 1.807) is 0 Å². The first-order valence-electron chi connectivity index (χ1n) is 7.30. The molecular formula is C15H28O2. The van der Waals surface area contributed by atoms with Gasteiger partial charge < -0.3 is 4.74 Å². The number of rotatable bonds is 9. The van der Waals surface area contributed by atoms with Crippen molar-refractivity contribution in [3.8, 4) is 0 Å². The van der Waals surface area contributed by atoms with Crippen LogP contribution in [0.4, 0.5) is 0 Å². The molecule has 0 amide bonds. The quantitative estimate of drug-likeness (QED) is 0.567. The molecule has 2 heteroatoms. The van der Waals surface area contributed by atoms with Gasteiger partial charge in [-0.1, -0.05) is 52.9 Å².